The van der Waals surface area contributed by atoms with Gasteiger partial charge in [-0.15, -0.1) is 11.8 Å². The van der Waals surface area contributed by atoms with Gasteiger partial charge < -0.3 is 11.1 Å². The first-order valence-corrected chi connectivity index (χ1v) is 7.99. The molecule has 0 unspecified atom stereocenters. The van der Waals surface area contributed by atoms with E-state index in [-0.39, 0.29) is 5.91 Å². The molecule has 0 radical (unpaired) electrons. The fraction of sp³-hybridized carbons (Fsp3) is 0.235. The second-order valence-corrected chi connectivity index (χ2v) is 6.15. The zero-order valence-corrected chi connectivity index (χ0v) is 13.2. The highest BCUT2D eigenvalue weighted by molar-refractivity contribution is 7.99. The molecule has 21 heavy (non-hydrogen) atoms. The van der Waals surface area contributed by atoms with E-state index in [1.807, 2.05) is 12.1 Å². The summed E-state index contributed by atoms with van der Waals surface area (Å²) < 4.78 is 0. The number of benzene rings is 2. The zero-order valence-electron chi connectivity index (χ0n) is 12.3. The van der Waals surface area contributed by atoms with Crippen LogP contribution in [-0.2, 0) is 10.5 Å². The van der Waals surface area contributed by atoms with Crippen LogP contribution >= 0.6 is 11.8 Å². The quantitative estimate of drug-likeness (QED) is 0.827. The first-order valence-electron chi connectivity index (χ1n) is 6.83. The molecular formula is C17H20N2OS. The van der Waals surface area contributed by atoms with Crippen LogP contribution in [-0.4, -0.2) is 11.7 Å². The van der Waals surface area contributed by atoms with Gasteiger partial charge in [-0.25, -0.2) is 0 Å². The summed E-state index contributed by atoms with van der Waals surface area (Å²) in [5, 5.41) is 2.85. The molecule has 2 aromatic rings. The molecule has 0 aliphatic heterocycles. The molecule has 0 aliphatic carbocycles. The first-order chi connectivity index (χ1) is 10.0. The Bertz CT molecular complexity index is 620. The summed E-state index contributed by atoms with van der Waals surface area (Å²) in [6.45, 7) is 4.18. The highest BCUT2D eigenvalue weighted by atomic mass is 32.2. The molecule has 1 amide bonds. The molecule has 0 aliphatic rings. The van der Waals surface area contributed by atoms with Crippen molar-refractivity contribution in [3.63, 3.8) is 0 Å². The maximum Gasteiger partial charge on any atom is 0.234 e. The van der Waals surface area contributed by atoms with E-state index in [2.05, 4.69) is 37.4 Å². The molecule has 0 bridgehead atoms. The van der Waals surface area contributed by atoms with Crippen molar-refractivity contribution in [3.05, 3.63) is 59.2 Å². The average Bonchev–Trinajstić information content (AvgIpc) is 2.37. The fourth-order valence-electron chi connectivity index (χ4n) is 2.23. The first kappa shape index (κ1) is 15.4. The summed E-state index contributed by atoms with van der Waals surface area (Å²) in [4.78, 5) is 11.9. The summed E-state index contributed by atoms with van der Waals surface area (Å²) in [5.41, 5.74) is 10.9. The number of carbonyl (C=O) groups excluding carboxylic acids is 1. The minimum Gasteiger partial charge on any atom is -0.399 e. The van der Waals surface area contributed by atoms with Crippen molar-refractivity contribution in [2.24, 2.45) is 0 Å². The molecule has 2 rings (SSSR count). The van der Waals surface area contributed by atoms with Crippen LogP contribution in [0, 0.1) is 13.8 Å². The van der Waals surface area contributed by atoms with E-state index in [0.717, 1.165) is 11.4 Å². The van der Waals surface area contributed by atoms with Crippen LogP contribution in [0.1, 0.15) is 16.7 Å². The highest BCUT2D eigenvalue weighted by Crippen LogP contribution is 2.17. The van der Waals surface area contributed by atoms with E-state index in [9.17, 15) is 4.79 Å². The number of carbonyl (C=O) groups is 1. The van der Waals surface area contributed by atoms with Gasteiger partial charge >= 0.3 is 0 Å². The average molecular weight is 300 g/mol. The van der Waals surface area contributed by atoms with Crippen LogP contribution in [0.15, 0.2) is 42.5 Å². The van der Waals surface area contributed by atoms with Crippen molar-refractivity contribution in [2.75, 3.05) is 16.8 Å². The van der Waals surface area contributed by atoms with E-state index in [0.29, 0.717) is 11.4 Å². The van der Waals surface area contributed by atoms with Crippen molar-refractivity contribution in [3.8, 4) is 0 Å². The number of hydrogen-bond acceptors (Lipinski definition) is 3. The normalized spacial score (nSPS) is 10.4. The van der Waals surface area contributed by atoms with Gasteiger partial charge in [0.25, 0.3) is 0 Å². The summed E-state index contributed by atoms with van der Waals surface area (Å²) in [7, 11) is 0. The minimum absolute atomic E-state index is 0.00465. The summed E-state index contributed by atoms with van der Waals surface area (Å²) >= 11 is 1.61. The smallest absolute Gasteiger partial charge is 0.234 e. The van der Waals surface area contributed by atoms with Gasteiger partial charge in [0.15, 0.2) is 0 Å². The van der Waals surface area contributed by atoms with Crippen molar-refractivity contribution in [2.45, 2.75) is 19.6 Å². The number of rotatable bonds is 5. The maximum absolute atomic E-state index is 11.9. The Morgan fingerprint density at radius 3 is 2.52 bits per heavy atom. The molecule has 0 saturated carbocycles. The topological polar surface area (TPSA) is 55.1 Å². The lowest BCUT2D eigenvalue weighted by Crippen LogP contribution is -2.14. The number of nitrogens with one attached hydrogen (secondary N) is 1. The monoisotopic (exact) mass is 300 g/mol. The number of nitrogen functional groups attached to an aromatic ring is 1. The van der Waals surface area contributed by atoms with E-state index >= 15 is 0 Å². The number of nitrogens with two attached hydrogens (primary N) is 1. The Morgan fingerprint density at radius 1 is 1.14 bits per heavy atom. The van der Waals surface area contributed by atoms with E-state index in [1.54, 1.807) is 23.9 Å². The van der Waals surface area contributed by atoms with Crippen molar-refractivity contribution < 1.29 is 4.79 Å². The summed E-state index contributed by atoms with van der Waals surface area (Å²) in [5.74, 6) is 1.27. The largest absolute Gasteiger partial charge is 0.399 e. The Kier molecular flexibility index (Phi) is 5.28. The van der Waals surface area contributed by atoms with Crippen LogP contribution in [0.25, 0.3) is 0 Å². The van der Waals surface area contributed by atoms with E-state index < -0.39 is 0 Å². The van der Waals surface area contributed by atoms with Crippen LogP contribution in [0.2, 0.25) is 0 Å². The number of aryl methyl sites for hydroxylation is 2. The molecule has 0 heterocycles. The van der Waals surface area contributed by atoms with E-state index in [1.165, 1.54) is 16.7 Å². The molecule has 0 spiro atoms. The van der Waals surface area contributed by atoms with Gasteiger partial charge in [0.05, 0.1) is 5.75 Å². The van der Waals surface area contributed by atoms with Gasteiger partial charge in [0.2, 0.25) is 5.91 Å². The second-order valence-electron chi connectivity index (χ2n) is 5.16. The molecule has 110 valence electrons. The van der Waals surface area contributed by atoms with Gasteiger partial charge in [0.1, 0.15) is 0 Å². The van der Waals surface area contributed by atoms with Crippen molar-refractivity contribution in [1.29, 1.82) is 0 Å². The van der Waals surface area contributed by atoms with Crippen LogP contribution in [0.4, 0.5) is 11.4 Å². The standard InChI is InChI=1S/C17H20N2OS/c1-12-6-13(2)8-14(7-12)10-21-11-17(20)19-16-5-3-4-15(18)9-16/h3-9H,10-11,18H2,1-2H3,(H,19,20). The Labute approximate surface area is 129 Å². The Hall–Kier alpha value is -1.94. The van der Waals surface area contributed by atoms with Gasteiger partial charge in [-0.05, 0) is 37.6 Å². The molecule has 3 N–H and O–H groups in total. The molecule has 2 aromatic carbocycles. The van der Waals surface area contributed by atoms with Crippen LogP contribution in [0.5, 0.6) is 0 Å². The fourth-order valence-corrected chi connectivity index (χ4v) is 2.99. The van der Waals surface area contributed by atoms with E-state index in [4.69, 9.17) is 5.73 Å². The number of thioether (sulfide) groups is 1. The van der Waals surface area contributed by atoms with Gasteiger partial charge in [-0.1, -0.05) is 35.4 Å². The SMILES string of the molecule is Cc1cc(C)cc(CSCC(=O)Nc2cccc(N)c2)c1. The Balaban J connectivity index is 1.81. The third kappa shape index (κ3) is 5.16. The molecular weight excluding hydrogens is 280 g/mol. The molecule has 3 nitrogen and oxygen atoms in total. The zero-order chi connectivity index (χ0) is 15.2. The lowest BCUT2D eigenvalue weighted by Gasteiger charge is -2.07. The molecule has 0 atom stereocenters. The number of amides is 1. The second kappa shape index (κ2) is 7.18. The lowest BCUT2D eigenvalue weighted by atomic mass is 10.1. The Morgan fingerprint density at radius 2 is 1.86 bits per heavy atom. The summed E-state index contributed by atoms with van der Waals surface area (Å²) in [6.07, 6.45) is 0. The predicted molar refractivity (Wildman–Crippen MR) is 91.6 cm³/mol. The third-order valence-corrected chi connectivity index (χ3v) is 3.96. The molecule has 0 fully saturated rings. The van der Waals surface area contributed by atoms with Crippen LogP contribution in [0.3, 0.4) is 0 Å². The van der Waals surface area contributed by atoms with Gasteiger partial charge in [-0.3, -0.25) is 4.79 Å². The number of anilines is 2. The van der Waals surface area contributed by atoms with Crippen molar-refractivity contribution >= 4 is 29.0 Å². The summed E-state index contributed by atoms with van der Waals surface area (Å²) in [6, 6.07) is 13.7. The third-order valence-electron chi connectivity index (χ3n) is 2.95. The van der Waals surface area contributed by atoms with Gasteiger partial charge in [0, 0.05) is 17.1 Å². The molecule has 0 saturated heterocycles. The molecule has 4 heteroatoms. The number of hydrogen-bond donors (Lipinski definition) is 2. The molecule has 0 aromatic heterocycles. The van der Waals surface area contributed by atoms with Crippen molar-refractivity contribution in [1.82, 2.24) is 0 Å². The minimum atomic E-state index is -0.00465. The highest BCUT2D eigenvalue weighted by Gasteiger charge is 2.04. The lowest BCUT2D eigenvalue weighted by molar-refractivity contribution is -0.113. The van der Waals surface area contributed by atoms with Crippen LogP contribution < -0.4 is 11.1 Å². The predicted octanol–water partition coefficient (Wildman–Crippen LogP) is 3.76. The van der Waals surface area contributed by atoms with Gasteiger partial charge in [-0.2, -0.15) is 0 Å². The maximum atomic E-state index is 11.9.